The number of nitrogens with zero attached hydrogens (tertiary/aromatic N) is 3. The molecule has 0 radical (unpaired) electrons. The molecule has 0 amide bonds. The maximum absolute atomic E-state index is 14.2. The van der Waals surface area contributed by atoms with Crippen LogP contribution in [0.1, 0.15) is 35.4 Å². The molecule has 158 valence electrons. The van der Waals surface area contributed by atoms with Crippen LogP contribution in [0.5, 0.6) is 5.75 Å². The molecule has 5 nitrogen and oxygen atoms in total. The van der Waals surface area contributed by atoms with Crippen LogP contribution < -0.4 is 4.74 Å². The van der Waals surface area contributed by atoms with E-state index >= 15 is 0 Å². The van der Waals surface area contributed by atoms with Crippen molar-refractivity contribution in [3.05, 3.63) is 83.2 Å². The summed E-state index contributed by atoms with van der Waals surface area (Å²) in [5, 5.41) is 11.0. The number of aromatic nitrogens is 2. The molecule has 0 atom stereocenters. The largest absolute Gasteiger partial charge is 0.496 e. The number of imidazole rings is 1. The van der Waals surface area contributed by atoms with E-state index in [0.717, 1.165) is 23.7 Å². The van der Waals surface area contributed by atoms with Gasteiger partial charge in [0.1, 0.15) is 17.4 Å². The number of likely N-dealkylation sites (tertiary alicyclic amines) is 1. The van der Waals surface area contributed by atoms with E-state index in [0.29, 0.717) is 38.0 Å². The van der Waals surface area contributed by atoms with Gasteiger partial charge in [-0.05, 0) is 43.5 Å². The molecule has 0 aliphatic carbocycles. The van der Waals surface area contributed by atoms with Crippen LogP contribution in [0.25, 0.3) is 0 Å². The van der Waals surface area contributed by atoms with Crippen molar-refractivity contribution >= 4 is 0 Å². The highest BCUT2D eigenvalue weighted by molar-refractivity contribution is 5.38. The van der Waals surface area contributed by atoms with Crippen molar-refractivity contribution in [3.63, 3.8) is 0 Å². The molecule has 1 fully saturated rings. The van der Waals surface area contributed by atoms with Crippen LogP contribution in [0, 0.1) is 12.7 Å². The monoisotopic (exact) mass is 409 g/mol. The molecule has 30 heavy (non-hydrogen) atoms. The number of methoxy groups -OCH3 is 1. The zero-order valence-corrected chi connectivity index (χ0v) is 17.5. The zero-order chi connectivity index (χ0) is 21.1. The summed E-state index contributed by atoms with van der Waals surface area (Å²) in [6.07, 6.45) is 4.81. The Bertz CT molecular complexity index is 1010. The van der Waals surface area contributed by atoms with Gasteiger partial charge in [0.25, 0.3) is 0 Å². The Morgan fingerprint density at radius 1 is 1.13 bits per heavy atom. The van der Waals surface area contributed by atoms with Crippen molar-refractivity contribution in [1.82, 2.24) is 14.5 Å². The molecule has 2 heterocycles. The Morgan fingerprint density at radius 3 is 2.57 bits per heavy atom. The molecule has 0 bridgehead atoms. The van der Waals surface area contributed by atoms with Crippen LogP contribution in [-0.4, -0.2) is 39.8 Å². The van der Waals surface area contributed by atoms with Gasteiger partial charge in [0.15, 0.2) is 0 Å². The van der Waals surface area contributed by atoms with E-state index in [1.807, 2.05) is 19.2 Å². The molecular formula is C24H28FN3O2. The minimum Gasteiger partial charge on any atom is -0.496 e. The van der Waals surface area contributed by atoms with Crippen molar-refractivity contribution in [1.29, 1.82) is 0 Å². The number of ether oxygens (including phenoxy) is 1. The third-order valence-electron chi connectivity index (χ3n) is 6.07. The number of piperidine rings is 1. The molecule has 1 saturated heterocycles. The maximum atomic E-state index is 14.2. The van der Waals surface area contributed by atoms with Gasteiger partial charge in [0.2, 0.25) is 0 Å². The van der Waals surface area contributed by atoms with Crippen molar-refractivity contribution in [2.24, 2.45) is 0 Å². The Labute approximate surface area is 176 Å². The molecule has 4 rings (SSSR count). The highest BCUT2D eigenvalue weighted by atomic mass is 19.1. The smallest absolute Gasteiger partial charge is 0.129 e. The SMILES string of the molecule is COc1ccc(CN2CCC(O)(c3ccccc3F)CC2)cc1Cn1ccnc1C. The van der Waals surface area contributed by atoms with Gasteiger partial charge in [0.05, 0.1) is 19.3 Å². The second-order valence-electron chi connectivity index (χ2n) is 8.04. The van der Waals surface area contributed by atoms with Gasteiger partial charge >= 0.3 is 0 Å². The average molecular weight is 410 g/mol. The lowest BCUT2D eigenvalue weighted by Gasteiger charge is -2.38. The summed E-state index contributed by atoms with van der Waals surface area (Å²) >= 11 is 0. The van der Waals surface area contributed by atoms with Crippen LogP contribution >= 0.6 is 0 Å². The first kappa shape index (κ1) is 20.6. The van der Waals surface area contributed by atoms with E-state index in [-0.39, 0.29) is 5.82 Å². The van der Waals surface area contributed by atoms with Crippen molar-refractivity contribution in [2.45, 2.75) is 38.5 Å². The number of aryl methyl sites for hydroxylation is 1. The lowest BCUT2D eigenvalue weighted by molar-refractivity contribution is -0.0302. The Hall–Kier alpha value is -2.70. The number of rotatable bonds is 6. The van der Waals surface area contributed by atoms with Gasteiger partial charge in [-0.2, -0.15) is 0 Å². The van der Waals surface area contributed by atoms with Crippen molar-refractivity contribution in [3.8, 4) is 5.75 Å². The van der Waals surface area contributed by atoms with E-state index in [1.165, 1.54) is 11.6 Å². The number of halogens is 1. The molecule has 0 spiro atoms. The molecule has 1 aromatic heterocycles. The molecule has 3 aromatic rings. The molecule has 1 N–H and O–H groups in total. The number of hydrogen-bond donors (Lipinski definition) is 1. The summed E-state index contributed by atoms with van der Waals surface area (Å²) in [5.41, 5.74) is 1.62. The average Bonchev–Trinajstić information content (AvgIpc) is 3.15. The fraction of sp³-hybridized carbons (Fsp3) is 0.375. The second-order valence-corrected chi connectivity index (χ2v) is 8.04. The van der Waals surface area contributed by atoms with E-state index in [1.54, 1.807) is 31.5 Å². The summed E-state index contributed by atoms with van der Waals surface area (Å²) in [6.45, 7) is 4.91. The third-order valence-corrected chi connectivity index (χ3v) is 6.07. The minimum absolute atomic E-state index is 0.331. The normalized spacial score (nSPS) is 16.5. The van der Waals surface area contributed by atoms with Gasteiger partial charge in [-0.15, -0.1) is 0 Å². The molecular weight excluding hydrogens is 381 g/mol. The summed E-state index contributed by atoms with van der Waals surface area (Å²) in [7, 11) is 1.69. The first-order chi connectivity index (χ1) is 14.5. The predicted octanol–water partition coefficient (Wildman–Crippen LogP) is 3.87. The fourth-order valence-corrected chi connectivity index (χ4v) is 4.26. The van der Waals surface area contributed by atoms with Gasteiger partial charge in [-0.25, -0.2) is 9.37 Å². The van der Waals surface area contributed by atoms with Gasteiger partial charge in [-0.1, -0.05) is 24.3 Å². The van der Waals surface area contributed by atoms with Crippen LogP contribution in [0.15, 0.2) is 54.9 Å². The van der Waals surface area contributed by atoms with Crippen molar-refractivity contribution in [2.75, 3.05) is 20.2 Å². The molecule has 6 heteroatoms. The quantitative estimate of drug-likeness (QED) is 0.672. The van der Waals surface area contributed by atoms with Crippen LogP contribution in [0.4, 0.5) is 4.39 Å². The summed E-state index contributed by atoms with van der Waals surface area (Å²) in [6, 6.07) is 12.8. The molecule has 1 aliphatic rings. The Balaban J connectivity index is 1.45. The van der Waals surface area contributed by atoms with Gasteiger partial charge in [-0.3, -0.25) is 4.90 Å². The summed E-state index contributed by atoms with van der Waals surface area (Å²) in [4.78, 5) is 6.60. The molecule has 0 saturated carbocycles. The van der Waals surface area contributed by atoms with Crippen LogP contribution in [0.3, 0.4) is 0 Å². The van der Waals surface area contributed by atoms with Gasteiger partial charge < -0.3 is 14.4 Å². The molecule has 0 unspecified atom stereocenters. The third kappa shape index (κ3) is 4.25. The van der Waals surface area contributed by atoms with Crippen LogP contribution in [0.2, 0.25) is 0 Å². The van der Waals surface area contributed by atoms with Crippen molar-refractivity contribution < 1.29 is 14.2 Å². The molecule has 1 aliphatic heterocycles. The summed E-state index contributed by atoms with van der Waals surface area (Å²) in [5.74, 6) is 1.49. The first-order valence-electron chi connectivity index (χ1n) is 10.3. The standard InChI is InChI=1S/C24H28FN3O2/c1-18-26-11-14-28(18)17-20-15-19(7-8-23(20)30-2)16-27-12-9-24(29,10-13-27)21-5-3-4-6-22(21)25/h3-8,11,14-15,29H,9-10,12-13,16-17H2,1-2H3. The lowest BCUT2D eigenvalue weighted by Crippen LogP contribution is -2.42. The first-order valence-corrected chi connectivity index (χ1v) is 10.3. The predicted molar refractivity (Wildman–Crippen MR) is 114 cm³/mol. The van der Waals surface area contributed by atoms with E-state index in [2.05, 4.69) is 26.6 Å². The number of benzene rings is 2. The Morgan fingerprint density at radius 2 is 1.90 bits per heavy atom. The zero-order valence-electron chi connectivity index (χ0n) is 17.5. The summed E-state index contributed by atoms with van der Waals surface area (Å²) < 4.78 is 21.8. The number of aliphatic hydroxyl groups is 1. The lowest BCUT2D eigenvalue weighted by atomic mass is 9.84. The topological polar surface area (TPSA) is 50.5 Å². The highest BCUT2D eigenvalue weighted by Gasteiger charge is 2.35. The van der Waals surface area contributed by atoms with Gasteiger partial charge in [0, 0.05) is 43.2 Å². The molecule has 2 aromatic carbocycles. The van der Waals surface area contributed by atoms with Crippen LogP contribution in [-0.2, 0) is 18.7 Å². The minimum atomic E-state index is -1.09. The van der Waals surface area contributed by atoms with E-state index in [4.69, 9.17) is 4.74 Å². The number of hydrogen-bond acceptors (Lipinski definition) is 4. The van der Waals surface area contributed by atoms with E-state index < -0.39 is 5.60 Å². The second kappa shape index (κ2) is 8.58. The maximum Gasteiger partial charge on any atom is 0.129 e. The fourth-order valence-electron chi connectivity index (χ4n) is 4.26. The Kier molecular flexibility index (Phi) is 5.88. The highest BCUT2D eigenvalue weighted by Crippen LogP contribution is 2.35. The van der Waals surface area contributed by atoms with E-state index in [9.17, 15) is 9.50 Å².